The predicted molar refractivity (Wildman–Crippen MR) is 94.3 cm³/mol. The van der Waals surface area contributed by atoms with Crippen LogP contribution in [0, 0.1) is 13.8 Å². The molecule has 2 aromatic rings. The molecule has 1 saturated heterocycles. The Bertz CT molecular complexity index is 891. The van der Waals surface area contributed by atoms with Gasteiger partial charge in [-0.15, -0.1) is 0 Å². The number of hydrogen-bond donors (Lipinski definition) is 3. The van der Waals surface area contributed by atoms with Crippen LogP contribution in [-0.2, 0) is 10.3 Å². The minimum Gasteiger partial charge on any atom is -0.322 e. The average molecular weight is 337 g/mol. The van der Waals surface area contributed by atoms with Gasteiger partial charge in [0.05, 0.1) is 0 Å². The molecule has 3 N–H and O–H groups in total. The van der Waals surface area contributed by atoms with Crippen LogP contribution in [0.3, 0.4) is 0 Å². The Morgan fingerprint density at radius 1 is 1.08 bits per heavy atom. The van der Waals surface area contributed by atoms with Crippen molar-refractivity contribution in [1.29, 1.82) is 0 Å². The Morgan fingerprint density at radius 3 is 2.52 bits per heavy atom. The third-order valence-corrected chi connectivity index (χ3v) is 4.38. The Hall–Kier alpha value is -3.15. The number of rotatable bonds is 3. The first-order valence-electron chi connectivity index (χ1n) is 7.92. The van der Waals surface area contributed by atoms with Crippen molar-refractivity contribution in [2.45, 2.75) is 26.3 Å². The van der Waals surface area contributed by atoms with Crippen LogP contribution in [0.15, 0.2) is 42.5 Å². The molecule has 1 heterocycles. The molecule has 6 heteroatoms. The second kappa shape index (κ2) is 6.05. The lowest BCUT2D eigenvalue weighted by atomic mass is 9.92. The number of amides is 4. The van der Waals surface area contributed by atoms with Crippen LogP contribution in [0.1, 0.15) is 34.0 Å². The van der Waals surface area contributed by atoms with Gasteiger partial charge >= 0.3 is 6.03 Å². The van der Waals surface area contributed by atoms with Crippen LogP contribution in [-0.4, -0.2) is 17.8 Å². The van der Waals surface area contributed by atoms with Crippen molar-refractivity contribution in [3.63, 3.8) is 0 Å². The molecule has 1 aliphatic heterocycles. The van der Waals surface area contributed by atoms with Crippen molar-refractivity contribution in [3.05, 3.63) is 64.7 Å². The summed E-state index contributed by atoms with van der Waals surface area (Å²) in [5.41, 5.74) is 2.48. The summed E-state index contributed by atoms with van der Waals surface area (Å²) in [5, 5.41) is 7.69. The molecule has 4 amide bonds. The van der Waals surface area contributed by atoms with Gasteiger partial charge in [0.2, 0.25) is 0 Å². The average Bonchev–Trinajstić information content (AvgIpc) is 2.83. The van der Waals surface area contributed by atoms with E-state index >= 15 is 0 Å². The number of imide groups is 1. The van der Waals surface area contributed by atoms with Gasteiger partial charge in [0.1, 0.15) is 5.54 Å². The minimum atomic E-state index is -1.16. The number of anilines is 1. The zero-order valence-electron chi connectivity index (χ0n) is 14.3. The zero-order chi connectivity index (χ0) is 18.2. The van der Waals surface area contributed by atoms with Gasteiger partial charge in [-0.25, -0.2) is 4.79 Å². The first-order chi connectivity index (χ1) is 11.8. The van der Waals surface area contributed by atoms with Crippen molar-refractivity contribution in [1.82, 2.24) is 10.6 Å². The van der Waals surface area contributed by atoms with E-state index in [1.165, 1.54) is 0 Å². The summed E-state index contributed by atoms with van der Waals surface area (Å²) in [6.45, 7) is 5.43. The maximum atomic E-state index is 12.6. The Labute approximate surface area is 145 Å². The van der Waals surface area contributed by atoms with Crippen molar-refractivity contribution in [2.24, 2.45) is 0 Å². The standard InChI is InChI=1S/C19H19N3O3/c1-11-7-8-12(2)15(9-11)16(23)20-14-6-4-5-13(10-14)19(3)17(24)21-18(25)22-19/h4-10H,1-3H3,(H,20,23)(H2,21,22,24,25)/t19-/m0/s1. The lowest BCUT2D eigenvalue weighted by Crippen LogP contribution is -2.40. The number of carbonyl (C=O) groups is 3. The summed E-state index contributed by atoms with van der Waals surface area (Å²) in [6.07, 6.45) is 0. The van der Waals surface area contributed by atoms with Crippen LogP contribution in [0.25, 0.3) is 0 Å². The molecule has 3 rings (SSSR count). The van der Waals surface area contributed by atoms with Crippen LogP contribution in [0.4, 0.5) is 10.5 Å². The van der Waals surface area contributed by atoms with Gasteiger partial charge in [0.15, 0.2) is 0 Å². The highest BCUT2D eigenvalue weighted by Gasteiger charge is 2.43. The maximum Gasteiger partial charge on any atom is 0.322 e. The number of hydrogen-bond acceptors (Lipinski definition) is 3. The summed E-state index contributed by atoms with van der Waals surface area (Å²) in [7, 11) is 0. The van der Waals surface area contributed by atoms with Gasteiger partial charge in [-0.05, 0) is 50.1 Å². The largest absolute Gasteiger partial charge is 0.322 e. The van der Waals surface area contributed by atoms with E-state index in [4.69, 9.17) is 0 Å². The molecule has 0 aliphatic carbocycles. The highest BCUT2D eigenvalue weighted by atomic mass is 16.2. The summed E-state index contributed by atoms with van der Waals surface area (Å²) >= 11 is 0. The van der Waals surface area contributed by atoms with Crippen molar-refractivity contribution in [2.75, 3.05) is 5.32 Å². The molecule has 1 aliphatic rings. The van der Waals surface area contributed by atoms with E-state index in [2.05, 4.69) is 16.0 Å². The smallest absolute Gasteiger partial charge is 0.322 e. The summed E-state index contributed by atoms with van der Waals surface area (Å²) < 4.78 is 0. The number of carbonyl (C=O) groups excluding carboxylic acids is 3. The van der Waals surface area contributed by atoms with E-state index in [0.717, 1.165) is 11.1 Å². The second-order valence-electron chi connectivity index (χ2n) is 6.39. The summed E-state index contributed by atoms with van der Waals surface area (Å²) in [6, 6.07) is 12.1. The van der Waals surface area contributed by atoms with E-state index < -0.39 is 17.5 Å². The van der Waals surface area contributed by atoms with Crippen LogP contribution in [0.2, 0.25) is 0 Å². The van der Waals surface area contributed by atoms with Crippen molar-refractivity contribution >= 4 is 23.5 Å². The second-order valence-corrected chi connectivity index (χ2v) is 6.39. The molecule has 0 radical (unpaired) electrons. The fourth-order valence-electron chi connectivity index (χ4n) is 2.83. The monoisotopic (exact) mass is 337 g/mol. The lowest BCUT2D eigenvalue weighted by molar-refractivity contribution is -0.123. The van der Waals surface area contributed by atoms with Gasteiger partial charge in [0, 0.05) is 11.3 Å². The van der Waals surface area contributed by atoms with E-state index in [-0.39, 0.29) is 5.91 Å². The molecule has 128 valence electrons. The molecule has 0 bridgehead atoms. The molecule has 0 saturated carbocycles. The molecule has 0 unspecified atom stereocenters. The Balaban J connectivity index is 1.87. The number of urea groups is 1. The number of benzene rings is 2. The number of aryl methyl sites for hydroxylation is 2. The molecular weight excluding hydrogens is 318 g/mol. The van der Waals surface area contributed by atoms with E-state index in [0.29, 0.717) is 16.8 Å². The Morgan fingerprint density at radius 2 is 1.84 bits per heavy atom. The molecule has 2 aromatic carbocycles. The third kappa shape index (κ3) is 3.10. The fraction of sp³-hybridized carbons (Fsp3) is 0.211. The van der Waals surface area contributed by atoms with Crippen LogP contribution in [0.5, 0.6) is 0 Å². The Kier molecular flexibility index (Phi) is 4.04. The zero-order valence-corrected chi connectivity index (χ0v) is 14.3. The molecular formula is C19H19N3O3. The van der Waals surface area contributed by atoms with Crippen LogP contribution >= 0.6 is 0 Å². The highest BCUT2D eigenvalue weighted by Crippen LogP contribution is 2.26. The van der Waals surface area contributed by atoms with Gasteiger partial charge in [-0.3, -0.25) is 14.9 Å². The number of nitrogens with one attached hydrogen (secondary N) is 3. The summed E-state index contributed by atoms with van der Waals surface area (Å²) in [4.78, 5) is 36.1. The quantitative estimate of drug-likeness (QED) is 0.752. The van der Waals surface area contributed by atoms with Crippen LogP contribution < -0.4 is 16.0 Å². The third-order valence-electron chi connectivity index (χ3n) is 4.38. The van der Waals surface area contributed by atoms with Crippen molar-refractivity contribution < 1.29 is 14.4 Å². The van der Waals surface area contributed by atoms with Gasteiger partial charge in [-0.2, -0.15) is 0 Å². The predicted octanol–water partition coefficient (Wildman–Crippen LogP) is 2.61. The lowest BCUT2D eigenvalue weighted by Gasteiger charge is -2.21. The first kappa shape index (κ1) is 16.7. The topological polar surface area (TPSA) is 87.3 Å². The van der Waals surface area contributed by atoms with E-state index in [1.54, 1.807) is 31.2 Å². The first-order valence-corrected chi connectivity index (χ1v) is 7.92. The molecule has 0 spiro atoms. The highest BCUT2D eigenvalue weighted by molar-refractivity contribution is 6.08. The van der Waals surface area contributed by atoms with Gasteiger partial charge in [-0.1, -0.05) is 29.8 Å². The molecule has 1 atom stereocenters. The van der Waals surface area contributed by atoms with E-state index in [9.17, 15) is 14.4 Å². The van der Waals surface area contributed by atoms with Gasteiger partial charge < -0.3 is 10.6 Å². The maximum absolute atomic E-state index is 12.6. The van der Waals surface area contributed by atoms with Gasteiger partial charge in [0.25, 0.3) is 11.8 Å². The van der Waals surface area contributed by atoms with Crippen molar-refractivity contribution in [3.8, 4) is 0 Å². The summed E-state index contributed by atoms with van der Waals surface area (Å²) in [5.74, 6) is -0.640. The van der Waals surface area contributed by atoms with E-state index in [1.807, 2.05) is 32.0 Å². The SMILES string of the molecule is Cc1ccc(C)c(C(=O)Nc2cccc([C@]3(C)NC(=O)NC3=O)c2)c1. The minimum absolute atomic E-state index is 0.219. The fourth-order valence-corrected chi connectivity index (χ4v) is 2.83. The molecule has 25 heavy (non-hydrogen) atoms. The normalized spacial score (nSPS) is 19.3. The molecule has 6 nitrogen and oxygen atoms in total. The molecule has 1 fully saturated rings. The molecule has 0 aromatic heterocycles.